The molecule has 1 aromatic carbocycles. The summed E-state index contributed by atoms with van der Waals surface area (Å²) in [6.07, 6.45) is 0.653. The first-order valence-electron chi connectivity index (χ1n) is 6.61. The lowest BCUT2D eigenvalue weighted by Gasteiger charge is -2.19. The molecule has 0 aromatic heterocycles. The fourth-order valence-corrected chi connectivity index (χ4v) is 2.41. The average Bonchev–Trinajstić information content (AvgIpc) is 2.33. The van der Waals surface area contributed by atoms with Crippen LogP contribution in [0.2, 0.25) is 0 Å². The molecule has 1 unspecified atom stereocenters. The highest BCUT2D eigenvalue weighted by Gasteiger charge is 2.19. The van der Waals surface area contributed by atoms with Crippen molar-refractivity contribution in [3.63, 3.8) is 0 Å². The summed E-state index contributed by atoms with van der Waals surface area (Å²) >= 11 is 3.45. The standard InChI is InChI=1S/C15H22BrNO2/c1-10(2)7-14(15(18)19)17-9-11(3)12-5-4-6-13(16)8-12/h4-6,8,10-11,14,17H,7,9H2,1-3H3,(H,18,19)/t11?,14-/m0/s1. The molecule has 0 bridgehead atoms. The highest BCUT2D eigenvalue weighted by molar-refractivity contribution is 9.10. The summed E-state index contributed by atoms with van der Waals surface area (Å²) in [6.45, 7) is 6.84. The summed E-state index contributed by atoms with van der Waals surface area (Å²) in [5.41, 5.74) is 1.20. The molecule has 2 atom stereocenters. The Morgan fingerprint density at radius 2 is 2.05 bits per heavy atom. The maximum Gasteiger partial charge on any atom is 0.320 e. The zero-order chi connectivity index (χ0) is 14.4. The van der Waals surface area contributed by atoms with E-state index >= 15 is 0 Å². The number of aliphatic carboxylic acids is 1. The van der Waals surface area contributed by atoms with Gasteiger partial charge < -0.3 is 10.4 Å². The Labute approximate surface area is 123 Å². The molecule has 1 rings (SSSR count). The van der Waals surface area contributed by atoms with Gasteiger partial charge in [0.15, 0.2) is 0 Å². The van der Waals surface area contributed by atoms with E-state index in [0.29, 0.717) is 18.9 Å². The maximum absolute atomic E-state index is 11.2. The topological polar surface area (TPSA) is 49.3 Å². The second-order valence-electron chi connectivity index (χ2n) is 5.38. The number of benzene rings is 1. The molecule has 0 aliphatic carbocycles. The normalized spacial score (nSPS) is 14.4. The SMILES string of the molecule is CC(C)C[C@H](NCC(C)c1cccc(Br)c1)C(=O)O. The summed E-state index contributed by atoms with van der Waals surface area (Å²) in [5, 5.41) is 12.3. The van der Waals surface area contributed by atoms with Gasteiger partial charge in [-0.25, -0.2) is 0 Å². The van der Waals surface area contributed by atoms with Crippen molar-refractivity contribution in [3.8, 4) is 0 Å². The summed E-state index contributed by atoms with van der Waals surface area (Å²) < 4.78 is 1.05. The van der Waals surface area contributed by atoms with Crippen molar-refractivity contribution in [2.45, 2.75) is 39.2 Å². The number of nitrogens with one attached hydrogen (secondary N) is 1. The van der Waals surface area contributed by atoms with Gasteiger partial charge in [-0.15, -0.1) is 0 Å². The molecule has 0 saturated carbocycles. The third-order valence-corrected chi connectivity index (χ3v) is 3.59. The molecule has 0 aliphatic rings. The van der Waals surface area contributed by atoms with Gasteiger partial charge in [0.1, 0.15) is 6.04 Å². The van der Waals surface area contributed by atoms with Crippen LogP contribution in [-0.2, 0) is 4.79 Å². The van der Waals surface area contributed by atoms with Crippen LogP contribution in [-0.4, -0.2) is 23.7 Å². The van der Waals surface area contributed by atoms with Crippen molar-refractivity contribution >= 4 is 21.9 Å². The lowest BCUT2D eigenvalue weighted by Crippen LogP contribution is -2.39. The van der Waals surface area contributed by atoms with Crippen LogP contribution < -0.4 is 5.32 Å². The first kappa shape index (κ1) is 16.2. The molecule has 4 heteroatoms. The Hall–Kier alpha value is -0.870. The summed E-state index contributed by atoms with van der Waals surface area (Å²) in [5.74, 6) is -0.114. The Morgan fingerprint density at radius 3 is 2.58 bits per heavy atom. The Balaban J connectivity index is 2.56. The van der Waals surface area contributed by atoms with Crippen LogP contribution in [0.25, 0.3) is 0 Å². The largest absolute Gasteiger partial charge is 0.480 e. The van der Waals surface area contributed by atoms with Crippen LogP contribution in [0.4, 0.5) is 0 Å². The minimum absolute atomic E-state index is 0.284. The summed E-state index contributed by atoms with van der Waals surface area (Å²) in [4.78, 5) is 11.2. The van der Waals surface area contributed by atoms with E-state index in [-0.39, 0.29) is 5.92 Å². The van der Waals surface area contributed by atoms with Crippen molar-refractivity contribution in [3.05, 3.63) is 34.3 Å². The van der Waals surface area contributed by atoms with Crippen LogP contribution in [0.5, 0.6) is 0 Å². The number of hydrogen-bond acceptors (Lipinski definition) is 2. The van der Waals surface area contributed by atoms with Crippen molar-refractivity contribution in [1.29, 1.82) is 0 Å². The van der Waals surface area contributed by atoms with Gasteiger partial charge in [0, 0.05) is 11.0 Å². The molecule has 0 fully saturated rings. The van der Waals surface area contributed by atoms with Crippen LogP contribution in [0.3, 0.4) is 0 Å². The van der Waals surface area contributed by atoms with Crippen LogP contribution in [0, 0.1) is 5.92 Å². The molecular weight excluding hydrogens is 306 g/mol. The van der Waals surface area contributed by atoms with Crippen molar-refractivity contribution < 1.29 is 9.90 Å². The highest BCUT2D eigenvalue weighted by Crippen LogP contribution is 2.19. The smallest absolute Gasteiger partial charge is 0.320 e. The molecule has 0 heterocycles. The third-order valence-electron chi connectivity index (χ3n) is 3.09. The highest BCUT2D eigenvalue weighted by atomic mass is 79.9. The zero-order valence-corrected chi connectivity index (χ0v) is 13.3. The van der Waals surface area contributed by atoms with Gasteiger partial charge in [-0.2, -0.15) is 0 Å². The van der Waals surface area contributed by atoms with Gasteiger partial charge in [0.2, 0.25) is 0 Å². The van der Waals surface area contributed by atoms with Gasteiger partial charge in [0.05, 0.1) is 0 Å². The molecule has 0 aliphatic heterocycles. The zero-order valence-electron chi connectivity index (χ0n) is 11.7. The molecule has 0 spiro atoms. The van der Waals surface area contributed by atoms with E-state index in [2.05, 4.69) is 40.3 Å². The van der Waals surface area contributed by atoms with E-state index in [9.17, 15) is 9.90 Å². The molecular formula is C15H22BrNO2. The number of carbonyl (C=O) groups is 1. The number of carboxylic acids is 1. The second-order valence-corrected chi connectivity index (χ2v) is 6.30. The van der Waals surface area contributed by atoms with Gasteiger partial charge in [-0.05, 0) is 36.0 Å². The molecule has 0 amide bonds. The predicted octanol–water partition coefficient (Wildman–Crippen LogP) is 3.64. The molecule has 1 aromatic rings. The Bertz CT molecular complexity index is 420. The maximum atomic E-state index is 11.2. The molecule has 106 valence electrons. The molecule has 3 nitrogen and oxygen atoms in total. The van der Waals surface area contributed by atoms with Gasteiger partial charge >= 0.3 is 5.97 Å². The monoisotopic (exact) mass is 327 g/mol. The molecule has 0 saturated heterocycles. The molecule has 0 radical (unpaired) electrons. The van der Waals surface area contributed by atoms with Gasteiger partial charge in [-0.1, -0.05) is 48.8 Å². The van der Waals surface area contributed by atoms with Crippen LogP contribution in [0.15, 0.2) is 28.7 Å². The fraction of sp³-hybridized carbons (Fsp3) is 0.533. The quantitative estimate of drug-likeness (QED) is 0.803. The minimum atomic E-state index is -0.768. The van der Waals surface area contributed by atoms with E-state index in [1.165, 1.54) is 5.56 Å². The number of rotatable bonds is 7. The van der Waals surface area contributed by atoms with Crippen LogP contribution in [0.1, 0.15) is 38.7 Å². The number of hydrogen-bond donors (Lipinski definition) is 2. The number of halogens is 1. The lowest BCUT2D eigenvalue weighted by atomic mass is 9.99. The van der Waals surface area contributed by atoms with Crippen molar-refractivity contribution in [2.75, 3.05) is 6.54 Å². The van der Waals surface area contributed by atoms with E-state index in [0.717, 1.165) is 4.47 Å². The van der Waals surface area contributed by atoms with E-state index in [1.807, 2.05) is 26.0 Å². The minimum Gasteiger partial charge on any atom is -0.480 e. The summed E-state index contributed by atoms with van der Waals surface area (Å²) in [7, 11) is 0. The lowest BCUT2D eigenvalue weighted by molar-refractivity contribution is -0.139. The van der Waals surface area contributed by atoms with E-state index in [4.69, 9.17) is 0 Å². The molecule has 19 heavy (non-hydrogen) atoms. The third kappa shape index (κ3) is 5.74. The summed E-state index contributed by atoms with van der Waals surface area (Å²) in [6, 6.07) is 7.66. The average molecular weight is 328 g/mol. The van der Waals surface area contributed by atoms with E-state index < -0.39 is 12.0 Å². The van der Waals surface area contributed by atoms with Gasteiger partial charge in [-0.3, -0.25) is 4.79 Å². The number of carboxylic acid groups (broad SMARTS) is 1. The molecule has 2 N–H and O–H groups in total. The van der Waals surface area contributed by atoms with Crippen molar-refractivity contribution in [1.82, 2.24) is 5.32 Å². The van der Waals surface area contributed by atoms with Gasteiger partial charge in [0.25, 0.3) is 0 Å². The first-order chi connectivity index (χ1) is 8.90. The van der Waals surface area contributed by atoms with E-state index in [1.54, 1.807) is 0 Å². The Morgan fingerprint density at radius 1 is 1.37 bits per heavy atom. The Kier molecular flexibility index (Phi) is 6.52. The van der Waals surface area contributed by atoms with Crippen molar-refractivity contribution in [2.24, 2.45) is 5.92 Å². The predicted molar refractivity (Wildman–Crippen MR) is 81.4 cm³/mol. The fourth-order valence-electron chi connectivity index (χ4n) is 1.99. The van der Waals surface area contributed by atoms with Crippen LogP contribution >= 0.6 is 15.9 Å². The first-order valence-corrected chi connectivity index (χ1v) is 7.41. The second kappa shape index (κ2) is 7.65.